The molecular formula is C14H13Cl2NO2S. The third-order valence-corrected chi connectivity index (χ3v) is 5.39. The number of nitrogens with zero attached hydrogens (tertiary/aromatic N) is 1. The molecular weight excluding hydrogens is 317 g/mol. The van der Waals surface area contributed by atoms with Crippen molar-refractivity contribution in [2.24, 2.45) is 0 Å². The molecule has 0 aliphatic rings. The zero-order chi connectivity index (χ0) is 14.8. The summed E-state index contributed by atoms with van der Waals surface area (Å²) >= 11 is 11.7. The second-order valence-corrected chi connectivity index (χ2v) is 7.18. The normalized spacial score (nSPS) is 11.8. The van der Waals surface area contributed by atoms with Crippen LogP contribution in [0.5, 0.6) is 0 Å². The van der Waals surface area contributed by atoms with Crippen LogP contribution in [-0.2, 0) is 16.6 Å². The molecule has 0 bridgehead atoms. The Morgan fingerprint density at radius 3 is 2.25 bits per heavy atom. The highest BCUT2D eigenvalue weighted by Gasteiger charge is 2.21. The highest BCUT2D eigenvalue weighted by atomic mass is 35.5. The molecule has 3 nitrogen and oxygen atoms in total. The van der Waals surface area contributed by atoms with Gasteiger partial charge in [-0.25, -0.2) is 8.42 Å². The number of halogens is 2. The smallest absolute Gasteiger partial charge is 0.207 e. The van der Waals surface area contributed by atoms with Crippen LogP contribution in [0.15, 0.2) is 53.4 Å². The zero-order valence-corrected chi connectivity index (χ0v) is 13.1. The van der Waals surface area contributed by atoms with E-state index in [1.807, 2.05) is 30.3 Å². The van der Waals surface area contributed by atoms with E-state index in [9.17, 15) is 8.42 Å². The van der Waals surface area contributed by atoms with E-state index in [0.717, 1.165) is 5.56 Å². The number of hydrogen-bond acceptors (Lipinski definition) is 2. The van der Waals surface area contributed by atoms with Crippen molar-refractivity contribution < 1.29 is 8.42 Å². The van der Waals surface area contributed by atoms with Crippen molar-refractivity contribution in [3.8, 4) is 0 Å². The number of hydrogen-bond donors (Lipinski definition) is 0. The van der Waals surface area contributed by atoms with E-state index in [4.69, 9.17) is 23.2 Å². The molecule has 0 spiro atoms. The van der Waals surface area contributed by atoms with Gasteiger partial charge in [0.2, 0.25) is 10.0 Å². The fourth-order valence-electron chi connectivity index (χ4n) is 1.74. The molecule has 0 fully saturated rings. The van der Waals surface area contributed by atoms with E-state index >= 15 is 0 Å². The van der Waals surface area contributed by atoms with Crippen molar-refractivity contribution in [2.75, 3.05) is 7.05 Å². The molecule has 2 aromatic rings. The lowest BCUT2D eigenvalue weighted by Crippen LogP contribution is -2.26. The van der Waals surface area contributed by atoms with Gasteiger partial charge in [0.25, 0.3) is 0 Å². The number of rotatable bonds is 4. The van der Waals surface area contributed by atoms with Gasteiger partial charge in [0.05, 0.1) is 14.9 Å². The van der Waals surface area contributed by atoms with Crippen LogP contribution in [0.25, 0.3) is 0 Å². The highest BCUT2D eigenvalue weighted by molar-refractivity contribution is 7.89. The van der Waals surface area contributed by atoms with Crippen LogP contribution in [0.4, 0.5) is 0 Å². The molecule has 0 radical (unpaired) electrons. The lowest BCUT2D eigenvalue weighted by atomic mass is 10.2. The van der Waals surface area contributed by atoms with Gasteiger partial charge in [0.15, 0.2) is 0 Å². The maximum Gasteiger partial charge on any atom is 0.243 e. The first-order chi connectivity index (χ1) is 9.41. The van der Waals surface area contributed by atoms with Crippen molar-refractivity contribution in [2.45, 2.75) is 11.4 Å². The molecule has 0 saturated carbocycles. The second kappa shape index (κ2) is 6.14. The topological polar surface area (TPSA) is 37.4 Å². The maximum atomic E-state index is 12.4. The van der Waals surface area contributed by atoms with Gasteiger partial charge in [0.1, 0.15) is 0 Å². The lowest BCUT2D eigenvalue weighted by Gasteiger charge is -2.17. The summed E-state index contributed by atoms with van der Waals surface area (Å²) in [6.45, 7) is 0.295. The number of benzene rings is 2. The Balaban J connectivity index is 2.27. The van der Waals surface area contributed by atoms with Crippen LogP contribution in [0.3, 0.4) is 0 Å². The van der Waals surface area contributed by atoms with E-state index in [1.54, 1.807) is 0 Å². The molecule has 106 valence electrons. The van der Waals surface area contributed by atoms with Gasteiger partial charge < -0.3 is 0 Å². The zero-order valence-electron chi connectivity index (χ0n) is 10.8. The molecule has 2 rings (SSSR count). The molecule has 0 aromatic heterocycles. The van der Waals surface area contributed by atoms with Crippen LogP contribution in [0.1, 0.15) is 5.56 Å². The Morgan fingerprint density at radius 2 is 1.65 bits per heavy atom. The Hall–Kier alpha value is -1.07. The van der Waals surface area contributed by atoms with Crippen molar-refractivity contribution in [3.05, 3.63) is 64.1 Å². The van der Waals surface area contributed by atoms with Gasteiger partial charge in [-0.1, -0.05) is 53.5 Å². The van der Waals surface area contributed by atoms with E-state index in [0.29, 0.717) is 11.6 Å². The third kappa shape index (κ3) is 3.33. The predicted octanol–water partition coefficient (Wildman–Crippen LogP) is 3.81. The Kier molecular flexibility index (Phi) is 4.70. The third-order valence-electron chi connectivity index (χ3n) is 2.85. The first-order valence-electron chi connectivity index (χ1n) is 5.86. The van der Waals surface area contributed by atoms with Crippen molar-refractivity contribution in [1.29, 1.82) is 0 Å². The van der Waals surface area contributed by atoms with Crippen LogP contribution in [0.2, 0.25) is 10.0 Å². The maximum absolute atomic E-state index is 12.4. The van der Waals surface area contributed by atoms with Crippen LogP contribution < -0.4 is 0 Å². The molecule has 2 aromatic carbocycles. The Bertz CT molecular complexity index is 702. The standard InChI is InChI=1S/C14H13Cl2NO2S/c1-17(10-11-5-3-2-4-6-11)20(18,19)12-7-8-13(15)14(16)9-12/h2-9H,10H2,1H3. The van der Waals surface area contributed by atoms with Crippen molar-refractivity contribution in [3.63, 3.8) is 0 Å². The second-order valence-electron chi connectivity index (χ2n) is 4.32. The summed E-state index contributed by atoms with van der Waals surface area (Å²) in [5.74, 6) is 0. The van der Waals surface area contributed by atoms with Gasteiger partial charge in [-0.05, 0) is 23.8 Å². The minimum atomic E-state index is -3.59. The van der Waals surface area contributed by atoms with E-state index in [-0.39, 0.29) is 9.92 Å². The average molecular weight is 330 g/mol. The average Bonchev–Trinajstić information content (AvgIpc) is 2.42. The molecule has 0 atom stereocenters. The quantitative estimate of drug-likeness (QED) is 0.855. The molecule has 0 heterocycles. The summed E-state index contributed by atoms with van der Waals surface area (Å²) in [5.41, 5.74) is 0.915. The predicted molar refractivity (Wildman–Crippen MR) is 81.6 cm³/mol. The molecule has 20 heavy (non-hydrogen) atoms. The first kappa shape index (κ1) is 15.3. The van der Waals surface area contributed by atoms with E-state index in [1.165, 1.54) is 29.6 Å². The Morgan fingerprint density at radius 1 is 1.00 bits per heavy atom. The molecule has 6 heteroatoms. The summed E-state index contributed by atoms with van der Waals surface area (Å²) in [5, 5.41) is 0.553. The van der Waals surface area contributed by atoms with E-state index in [2.05, 4.69) is 0 Å². The highest BCUT2D eigenvalue weighted by Crippen LogP contribution is 2.26. The lowest BCUT2D eigenvalue weighted by molar-refractivity contribution is 0.467. The molecule has 0 unspecified atom stereocenters. The van der Waals surface area contributed by atoms with Gasteiger partial charge >= 0.3 is 0 Å². The monoisotopic (exact) mass is 329 g/mol. The number of sulfonamides is 1. The first-order valence-corrected chi connectivity index (χ1v) is 8.06. The molecule has 0 amide bonds. The summed E-state index contributed by atoms with van der Waals surface area (Å²) < 4.78 is 26.1. The van der Waals surface area contributed by atoms with E-state index < -0.39 is 10.0 Å². The van der Waals surface area contributed by atoms with Crippen molar-refractivity contribution in [1.82, 2.24) is 4.31 Å². The fourth-order valence-corrected chi connectivity index (χ4v) is 3.29. The van der Waals surface area contributed by atoms with Crippen molar-refractivity contribution >= 4 is 33.2 Å². The SMILES string of the molecule is CN(Cc1ccccc1)S(=O)(=O)c1ccc(Cl)c(Cl)c1. The summed E-state index contributed by atoms with van der Waals surface area (Å²) in [6, 6.07) is 13.7. The summed E-state index contributed by atoms with van der Waals surface area (Å²) in [6.07, 6.45) is 0. The van der Waals surface area contributed by atoms with Gasteiger partial charge in [-0.2, -0.15) is 4.31 Å². The molecule has 0 N–H and O–H groups in total. The molecule has 0 aliphatic carbocycles. The molecule has 0 saturated heterocycles. The van der Waals surface area contributed by atoms with Gasteiger partial charge in [0, 0.05) is 13.6 Å². The summed E-state index contributed by atoms with van der Waals surface area (Å²) in [7, 11) is -2.05. The van der Waals surface area contributed by atoms with Gasteiger partial charge in [-0.3, -0.25) is 0 Å². The minimum absolute atomic E-state index is 0.130. The molecule has 0 aliphatic heterocycles. The van der Waals surface area contributed by atoms with Crippen LogP contribution in [-0.4, -0.2) is 19.8 Å². The summed E-state index contributed by atoms with van der Waals surface area (Å²) in [4.78, 5) is 0.130. The fraction of sp³-hybridized carbons (Fsp3) is 0.143. The minimum Gasteiger partial charge on any atom is -0.207 e. The van der Waals surface area contributed by atoms with Gasteiger partial charge in [-0.15, -0.1) is 0 Å². The largest absolute Gasteiger partial charge is 0.243 e. The van der Waals surface area contributed by atoms with Crippen LogP contribution >= 0.6 is 23.2 Å². The van der Waals surface area contributed by atoms with Crippen LogP contribution in [0, 0.1) is 0 Å². The Labute approximate surface area is 128 Å².